The molecule has 0 spiro atoms. The quantitative estimate of drug-likeness (QED) is 0.490. The Morgan fingerprint density at radius 3 is 2.60 bits per heavy atom. The van der Waals surface area contributed by atoms with Gasteiger partial charge in [-0.2, -0.15) is 0 Å². The summed E-state index contributed by atoms with van der Waals surface area (Å²) in [6.07, 6.45) is 0.877. The fraction of sp³-hybridized carbons (Fsp3) is 0.857. The van der Waals surface area contributed by atoms with Crippen molar-refractivity contribution in [1.82, 2.24) is 5.01 Å². The zero-order valence-electron chi connectivity index (χ0n) is 6.55. The Labute approximate surface area is 61.2 Å². The molecule has 10 heavy (non-hydrogen) atoms. The Morgan fingerprint density at radius 2 is 2.20 bits per heavy atom. The second-order valence-corrected chi connectivity index (χ2v) is 3.53. The van der Waals surface area contributed by atoms with Gasteiger partial charge in [0.05, 0.1) is 6.54 Å². The number of nitrogens with zero attached hydrogens (tertiary/aromatic N) is 1. The molecule has 1 heterocycles. The molecule has 0 aromatic rings. The molecule has 0 saturated carbocycles. The summed E-state index contributed by atoms with van der Waals surface area (Å²) in [5, 5.41) is 1.58. The molecule has 3 heteroatoms. The molecule has 1 saturated heterocycles. The van der Waals surface area contributed by atoms with Crippen LogP contribution in [0.3, 0.4) is 0 Å². The van der Waals surface area contributed by atoms with Crippen LogP contribution < -0.4 is 5.84 Å². The van der Waals surface area contributed by atoms with Crippen molar-refractivity contribution < 1.29 is 4.79 Å². The van der Waals surface area contributed by atoms with E-state index in [0.717, 1.165) is 13.0 Å². The van der Waals surface area contributed by atoms with Crippen molar-refractivity contribution in [3.63, 3.8) is 0 Å². The minimum Gasteiger partial charge on any atom is -0.298 e. The Balaban J connectivity index is 2.61. The highest BCUT2D eigenvalue weighted by molar-refractivity contribution is 5.86. The first-order chi connectivity index (χ1) is 4.52. The topological polar surface area (TPSA) is 46.3 Å². The predicted octanol–water partition coefficient (Wildman–Crippen LogP) is 0.161. The van der Waals surface area contributed by atoms with Gasteiger partial charge in [0.15, 0.2) is 5.78 Å². The summed E-state index contributed by atoms with van der Waals surface area (Å²) in [5.74, 6) is 5.71. The number of nitrogens with two attached hydrogens (primary N) is 1. The number of piperidine rings is 1. The van der Waals surface area contributed by atoms with Crippen LogP contribution in [-0.4, -0.2) is 23.9 Å². The normalized spacial score (nSPS) is 26.9. The maximum absolute atomic E-state index is 11.2. The molecular weight excluding hydrogens is 128 g/mol. The van der Waals surface area contributed by atoms with Gasteiger partial charge in [0.25, 0.3) is 0 Å². The van der Waals surface area contributed by atoms with E-state index in [4.69, 9.17) is 5.84 Å². The van der Waals surface area contributed by atoms with Crippen LogP contribution in [0.25, 0.3) is 0 Å². The van der Waals surface area contributed by atoms with Crippen molar-refractivity contribution >= 4 is 5.78 Å². The van der Waals surface area contributed by atoms with Gasteiger partial charge in [-0.3, -0.25) is 10.6 Å². The minimum atomic E-state index is -0.143. The molecule has 0 aliphatic carbocycles. The SMILES string of the molecule is CC1(C)CCN(N)CC1=O. The molecule has 58 valence electrons. The maximum atomic E-state index is 11.2. The second-order valence-electron chi connectivity index (χ2n) is 3.53. The average molecular weight is 142 g/mol. The van der Waals surface area contributed by atoms with Crippen molar-refractivity contribution in [1.29, 1.82) is 0 Å². The lowest BCUT2D eigenvalue weighted by Crippen LogP contribution is -2.48. The van der Waals surface area contributed by atoms with Crippen LogP contribution in [0, 0.1) is 5.41 Å². The largest absolute Gasteiger partial charge is 0.298 e. The van der Waals surface area contributed by atoms with E-state index in [1.807, 2.05) is 13.8 Å². The smallest absolute Gasteiger partial charge is 0.153 e. The zero-order valence-corrected chi connectivity index (χ0v) is 6.55. The molecule has 0 radical (unpaired) electrons. The molecule has 0 aromatic heterocycles. The summed E-state index contributed by atoms with van der Waals surface area (Å²) in [4.78, 5) is 11.2. The molecule has 0 unspecified atom stereocenters. The van der Waals surface area contributed by atoms with Crippen molar-refractivity contribution in [2.24, 2.45) is 11.3 Å². The summed E-state index contributed by atoms with van der Waals surface area (Å²) >= 11 is 0. The van der Waals surface area contributed by atoms with E-state index >= 15 is 0 Å². The molecule has 1 rings (SSSR count). The zero-order chi connectivity index (χ0) is 7.78. The Kier molecular flexibility index (Phi) is 1.79. The third-order valence-corrected chi connectivity index (χ3v) is 2.13. The third-order valence-electron chi connectivity index (χ3n) is 2.13. The third kappa shape index (κ3) is 1.36. The Morgan fingerprint density at radius 1 is 1.60 bits per heavy atom. The molecule has 2 N–H and O–H groups in total. The summed E-state index contributed by atoms with van der Waals surface area (Å²) in [7, 11) is 0. The molecule has 0 bridgehead atoms. The van der Waals surface area contributed by atoms with Crippen molar-refractivity contribution in [2.75, 3.05) is 13.1 Å². The van der Waals surface area contributed by atoms with Gasteiger partial charge >= 0.3 is 0 Å². The Bertz CT molecular complexity index is 154. The van der Waals surface area contributed by atoms with Crippen LogP contribution in [0.2, 0.25) is 0 Å². The molecule has 1 aliphatic heterocycles. The molecule has 0 aromatic carbocycles. The molecule has 1 fully saturated rings. The minimum absolute atomic E-state index is 0.143. The van der Waals surface area contributed by atoms with Crippen LogP contribution >= 0.6 is 0 Å². The van der Waals surface area contributed by atoms with Crippen molar-refractivity contribution in [3.05, 3.63) is 0 Å². The van der Waals surface area contributed by atoms with Gasteiger partial charge in [-0.15, -0.1) is 0 Å². The molecule has 0 amide bonds. The number of carbonyl (C=O) groups is 1. The highest BCUT2D eigenvalue weighted by atomic mass is 16.1. The number of hydrogen-bond acceptors (Lipinski definition) is 3. The van der Waals surface area contributed by atoms with E-state index in [0.29, 0.717) is 6.54 Å². The van der Waals surface area contributed by atoms with Gasteiger partial charge in [-0.1, -0.05) is 13.8 Å². The lowest BCUT2D eigenvalue weighted by molar-refractivity contribution is -0.131. The van der Waals surface area contributed by atoms with Crippen molar-refractivity contribution in [2.45, 2.75) is 20.3 Å². The van der Waals surface area contributed by atoms with Crippen LogP contribution in [0.15, 0.2) is 0 Å². The van der Waals surface area contributed by atoms with Gasteiger partial charge in [-0.05, 0) is 6.42 Å². The Hall–Kier alpha value is -0.410. The summed E-state index contributed by atoms with van der Waals surface area (Å²) in [6, 6.07) is 0. The van der Waals surface area contributed by atoms with Crippen LogP contribution in [-0.2, 0) is 4.79 Å². The summed E-state index contributed by atoms with van der Waals surface area (Å²) in [5.41, 5.74) is -0.143. The molecular formula is C7H14N2O. The van der Waals surface area contributed by atoms with E-state index in [2.05, 4.69) is 0 Å². The number of ketones is 1. The molecule has 0 atom stereocenters. The summed E-state index contributed by atoms with van der Waals surface area (Å²) < 4.78 is 0. The monoisotopic (exact) mass is 142 g/mol. The first-order valence-electron chi connectivity index (χ1n) is 3.55. The van der Waals surface area contributed by atoms with Gasteiger partial charge in [-0.25, -0.2) is 5.01 Å². The second kappa shape index (κ2) is 2.32. The highest BCUT2D eigenvalue weighted by Gasteiger charge is 2.32. The lowest BCUT2D eigenvalue weighted by Gasteiger charge is -2.32. The van der Waals surface area contributed by atoms with E-state index in [-0.39, 0.29) is 11.2 Å². The van der Waals surface area contributed by atoms with Crippen molar-refractivity contribution in [3.8, 4) is 0 Å². The fourth-order valence-electron chi connectivity index (χ4n) is 1.04. The number of carbonyl (C=O) groups excluding carboxylic acids is 1. The van der Waals surface area contributed by atoms with E-state index in [1.54, 1.807) is 5.01 Å². The number of hydrazine groups is 1. The van der Waals surface area contributed by atoms with Crippen LogP contribution in [0.4, 0.5) is 0 Å². The number of hydrogen-bond donors (Lipinski definition) is 1. The number of rotatable bonds is 0. The first kappa shape index (κ1) is 7.69. The van der Waals surface area contributed by atoms with E-state index in [1.165, 1.54) is 0 Å². The van der Waals surface area contributed by atoms with Gasteiger partial charge in [0, 0.05) is 12.0 Å². The first-order valence-corrected chi connectivity index (χ1v) is 3.55. The number of Topliss-reactive ketones (excluding diaryl/α,β-unsaturated/α-hetero) is 1. The predicted molar refractivity (Wildman–Crippen MR) is 39.2 cm³/mol. The summed E-state index contributed by atoms with van der Waals surface area (Å²) in [6.45, 7) is 5.19. The van der Waals surface area contributed by atoms with Crippen LogP contribution in [0.1, 0.15) is 20.3 Å². The van der Waals surface area contributed by atoms with E-state index < -0.39 is 0 Å². The molecule has 1 aliphatic rings. The highest BCUT2D eigenvalue weighted by Crippen LogP contribution is 2.25. The maximum Gasteiger partial charge on any atom is 0.153 e. The van der Waals surface area contributed by atoms with Gasteiger partial charge in [0.2, 0.25) is 0 Å². The lowest BCUT2D eigenvalue weighted by atomic mass is 9.82. The standard InChI is InChI=1S/C7H14N2O/c1-7(2)3-4-9(8)5-6(7)10/h3-5,8H2,1-2H3. The average Bonchev–Trinajstić information content (AvgIpc) is 1.81. The fourth-order valence-corrected chi connectivity index (χ4v) is 1.04. The molecule has 3 nitrogen and oxygen atoms in total. The van der Waals surface area contributed by atoms with Gasteiger partial charge < -0.3 is 0 Å². The van der Waals surface area contributed by atoms with E-state index in [9.17, 15) is 4.79 Å². The van der Waals surface area contributed by atoms with Crippen LogP contribution in [0.5, 0.6) is 0 Å². The van der Waals surface area contributed by atoms with Gasteiger partial charge in [0.1, 0.15) is 0 Å².